The summed E-state index contributed by atoms with van der Waals surface area (Å²) in [5, 5.41) is 10.6. The van der Waals surface area contributed by atoms with Crippen molar-refractivity contribution in [3.05, 3.63) is 80.9 Å². The van der Waals surface area contributed by atoms with Crippen molar-refractivity contribution < 1.29 is 23.9 Å². The Balaban J connectivity index is 2.01. The van der Waals surface area contributed by atoms with Crippen LogP contribution in [0.4, 0.5) is 4.39 Å². The topological polar surface area (TPSA) is 101 Å². The van der Waals surface area contributed by atoms with Gasteiger partial charge < -0.3 is 15.7 Å². The Morgan fingerprint density at radius 3 is 2.33 bits per heavy atom. The summed E-state index contributed by atoms with van der Waals surface area (Å²) in [5.41, 5.74) is 5.80. The molecule has 0 unspecified atom stereocenters. The summed E-state index contributed by atoms with van der Waals surface area (Å²) >= 11 is 13.0. The zero-order chi connectivity index (χ0) is 26.6. The number of halogens is 3. The average molecular weight is 551 g/mol. The zero-order valence-electron chi connectivity index (χ0n) is 19.6. The van der Waals surface area contributed by atoms with E-state index in [4.69, 9.17) is 28.9 Å². The molecule has 6 nitrogen and oxygen atoms in total. The van der Waals surface area contributed by atoms with Gasteiger partial charge in [0.15, 0.2) is 0 Å². The molecule has 36 heavy (non-hydrogen) atoms. The Morgan fingerprint density at radius 2 is 1.75 bits per heavy atom. The van der Waals surface area contributed by atoms with Crippen LogP contribution in [0, 0.1) is 5.82 Å². The van der Waals surface area contributed by atoms with Crippen LogP contribution in [0.1, 0.15) is 41.9 Å². The highest BCUT2D eigenvalue weighted by atomic mass is 35.5. The summed E-state index contributed by atoms with van der Waals surface area (Å²) in [6.45, 7) is 3.54. The zero-order valence-corrected chi connectivity index (χ0v) is 22.0. The summed E-state index contributed by atoms with van der Waals surface area (Å²) in [6.07, 6.45) is 0.00978. The van der Waals surface area contributed by atoms with Gasteiger partial charge in [-0.2, -0.15) is 0 Å². The van der Waals surface area contributed by atoms with Crippen LogP contribution < -0.4 is 5.73 Å². The first-order valence-electron chi connectivity index (χ1n) is 11.0. The van der Waals surface area contributed by atoms with Gasteiger partial charge in [0.1, 0.15) is 11.9 Å². The first kappa shape index (κ1) is 27.6. The molecule has 1 aromatic heterocycles. The summed E-state index contributed by atoms with van der Waals surface area (Å²) < 4.78 is 13.6. The van der Waals surface area contributed by atoms with Crippen molar-refractivity contribution >= 4 is 52.3 Å². The van der Waals surface area contributed by atoms with Gasteiger partial charge in [0.25, 0.3) is 5.91 Å². The van der Waals surface area contributed by atoms with E-state index in [0.717, 1.165) is 16.9 Å². The molecule has 0 saturated carbocycles. The number of thiophene rings is 1. The third-order valence-corrected chi connectivity index (χ3v) is 7.37. The Kier molecular flexibility index (Phi) is 8.76. The minimum absolute atomic E-state index is 0.0445. The van der Waals surface area contributed by atoms with E-state index in [1.807, 2.05) is 12.1 Å². The van der Waals surface area contributed by atoms with Gasteiger partial charge in [0, 0.05) is 21.9 Å². The molecule has 0 aliphatic carbocycles. The van der Waals surface area contributed by atoms with E-state index < -0.39 is 35.2 Å². The third kappa shape index (κ3) is 6.63. The molecular formula is C26H25Cl2FN2O4S. The summed E-state index contributed by atoms with van der Waals surface area (Å²) in [7, 11) is 0. The Labute approximate surface area is 222 Å². The molecule has 0 spiro atoms. The second-order valence-electron chi connectivity index (χ2n) is 8.94. The molecule has 0 radical (unpaired) electrons. The van der Waals surface area contributed by atoms with Crippen molar-refractivity contribution in [1.82, 2.24) is 4.90 Å². The van der Waals surface area contributed by atoms with Crippen LogP contribution in [-0.4, -0.2) is 39.4 Å². The fourth-order valence-electron chi connectivity index (χ4n) is 4.04. The Hall–Kier alpha value is -2.94. The normalized spacial score (nSPS) is 12.2. The SMILES string of the molecule is CC(C)(Cc1ccc(Cl)cc1)N(C(=O)c1ccc(-c2ccc(F)c(Cl)c2)s1)[C@@H](CCC(N)=O)C(=O)O. The van der Waals surface area contributed by atoms with Crippen molar-refractivity contribution in [1.29, 1.82) is 0 Å². The molecule has 1 heterocycles. The van der Waals surface area contributed by atoms with Gasteiger partial charge in [-0.25, -0.2) is 9.18 Å². The highest BCUT2D eigenvalue weighted by Crippen LogP contribution is 2.34. The van der Waals surface area contributed by atoms with Crippen molar-refractivity contribution in [2.45, 2.75) is 44.7 Å². The molecule has 2 aromatic carbocycles. The van der Waals surface area contributed by atoms with Crippen molar-refractivity contribution in [2.75, 3.05) is 0 Å². The molecular weight excluding hydrogens is 526 g/mol. The number of benzene rings is 2. The molecule has 0 aliphatic rings. The van der Waals surface area contributed by atoms with Crippen molar-refractivity contribution in [3.8, 4) is 10.4 Å². The molecule has 3 rings (SSSR count). The van der Waals surface area contributed by atoms with E-state index >= 15 is 0 Å². The van der Waals surface area contributed by atoms with Crippen molar-refractivity contribution in [3.63, 3.8) is 0 Å². The Morgan fingerprint density at radius 1 is 1.08 bits per heavy atom. The van der Waals surface area contributed by atoms with E-state index in [9.17, 15) is 23.9 Å². The van der Waals surface area contributed by atoms with E-state index in [2.05, 4.69) is 0 Å². The lowest BCUT2D eigenvalue weighted by atomic mass is 9.90. The number of rotatable bonds is 10. The molecule has 0 bridgehead atoms. The lowest BCUT2D eigenvalue weighted by Crippen LogP contribution is -2.57. The molecule has 2 amide bonds. The highest BCUT2D eigenvalue weighted by Gasteiger charge is 2.41. The van der Waals surface area contributed by atoms with Gasteiger partial charge in [-0.3, -0.25) is 9.59 Å². The lowest BCUT2D eigenvalue weighted by molar-refractivity contribution is -0.144. The largest absolute Gasteiger partial charge is 0.480 e. The smallest absolute Gasteiger partial charge is 0.326 e. The number of hydrogen-bond donors (Lipinski definition) is 2. The number of aliphatic carboxylic acids is 1. The van der Waals surface area contributed by atoms with Gasteiger partial charge in [-0.05, 0) is 74.2 Å². The van der Waals surface area contributed by atoms with E-state index in [-0.39, 0.29) is 17.9 Å². The van der Waals surface area contributed by atoms with Crippen LogP contribution >= 0.6 is 34.5 Å². The molecule has 3 aromatic rings. The van der Waals surface area contributed by atoms with Crippen LogP contribution in [-0.2, 0) is 16.0 Å². The van der Waals surface area contributed by atoms with Crippen LogP contribution in [0.3, 0.4) is 0 Å². The quantitative estimate of drug-likeness (QED) is 0.321. The molecule has 10 heteroatoms. The van der Waals surface area contributed by atoms with Crippen LogP contribution in [0.2, 0.25) is 10.0 Å². The van der Waals surface area contributed by atoms with Crippen LogP contribution in [0.25, 0.3) is 10.4 Å². The molecule has 190 valence electrons. The molecule has 1 atom stereocenters. The second kappa shape index (κ2) is 11.4. The lowest BCUT2D eigenvalue weighted by Gasteiger charge is -2.42. The summed E-state index contributed by atoms with van der Waals surface area (Å²) in [4.78, 5) is 39.9. The van der Waals surface area contributed by atoms with Gasteiger partial charge in [-0.1, -0.05) is 41.4 Å². The predicted octanol–water partition coefficient (Wildman–Crippen LogP) is 6.04. The van der Waals surface area contributed by atoms with Crippen LogP contribution in [0.5, 0.6) is 0 Å². The number of amides is 2. The second-order valence-corrected chi connectivity index (χ2v) is 10.9. The number of primary amides is 1. The number of nitrogens with zero attached hydrogens (tertiary/aromatic N) is 1. The number of nitrogens with two attached hydrogens (primary N) is 1. The number of carboxylic acid groups (broad SMARTS) is 1. The standard InChI is InChI=1S/C26H25Cl2FN2O4S/c1-26(2,14-15-3-6-17(27)7-4-15)31(20(25(34)35)9-12-23(30)32)24(33)22-11-10-21(36-22)16-5-8-19(29)18(28)13-16/h3-8,10-11,13,20H,9,12,14H2,1-2H3,(H2,30,32)(H,34,35)/t20-/m0/s1. The maximum absolute atomic E-state index is 13.8. The van der Waals surface area contributed by atoms with E-state index in [1.54, 1.807) is 44.2 Å². The number of carbonyl (C=O) groups is 3. The number of carbonyl (C=O) groups excluding carboxylic acids is 2. The summed E-state index contributed by atoms with van der Waals surface area (Å²) in [6, 6.07) is 13.3. The van der Waals surface area contributed by atoms with Gasteiger partial charge in [0.2, 0.25) is 5.91 Å². The van der Waals surface area contributed by atoms with Gasteiger partial charge in [-0.15, -0.1) is 11.3 Å². The Bertz CT molecular complexity index is 1280. The minimum Gasteiger partial charge on any atom is -0.480 e. The molecule has 0 fully saturated rings. The maximum atomic E-state index is 13.8. The molecule has 0 aliphatic heterocycles. The van der Waals surface area contributed by atoms with E-state index in [0.29, 0.717) is 26.8 Å². The summed E-state index contributed by atoms with van der Waals surface area (Å²) in [5.74, 6) is -2.95. The van der Waals surface area contributed by atoms with Crippen molar-refractivity contribution in [2.24, 2.45) is 5.73 Å². The fourth-order valence-corrected chi connectivity index (χ4v) is 5.29. The first-order chi connectivity index (χ1) is 16.9. The predicted molar refractivity (Wildman–Crippen MR) is 140 cm³/mol. The third-order valence-electron chi connectivity index (χ3n) is 5.70. The van der Waals surface area contributed by atoms with Crippen LogP contribution in [0.15, 0.2) is 54.6 Å². The van der Waals surface area contributed by atoms with E-state index in [1.165, 1.54) is 17.0 Å². The van der Waals surface area contributed by atoms with Gasteiger partial charge in [0.05, 0.1) is 9.90 Å². The maximum Gasteiger partial charge on any atom is 0.326 e. The molecule has 3 N–H and O–H groups in total. The highest BCUT2D eigenvalue weighted by molar-refractivity contribution is 7.17. The number of hydrogen-bond acceptors (Lipinski definition) is 4. The first-order valence-corrected chi connectivity index (χ1v) is 12.6. The van der Waals surface area contributed by atoms with Gasteiger partial charge >= 0.3 is 5.97 Å². The number of carboxylic acids is 1. The monoisotopic (exact) mass is 550 g/mol. The molecule has 0 saturated heterocycles. The fraction of sp³-hybridized carbons (Fsp3) is 0.269. The minimum atomic E-state index is -1.29. The average Bonchev–Trinajstić information content (AvgIpc) is 3.29.